The summed E-state index contributed by atoms with van der Waals surface area (Å²) in [6.45, 7) is 7.35. The SMILES string of the molecule is CC1CCC(C(C)C)C(OCC(=O)OC2CCCN(C)C2=O)C1. The van der Waals surface area contributed by atoms with Crippen molar-refractivity contribution in [2.45, 2.75) is 65.1 Å². The molecule has 5 heteroatoms. The highest BCUT2D eigenvalue weighted by Gasteiger charge is 2.33. The van der Waals surface area contributed by atoms with E-state index in [1.165, 1.54) is 6.42 Å². The zero-order valence-electron chi connectivity index (χ0n) is 14.9. The Morgan fingerprint density at radius 2 is 2.04 bits per heavy atom. The van der Waals surface area contributed by atoms with Crippen molar-refractivity contribution in [1.29, 1.82) is 0 Å². The van der Waals surface area contributed by atoms with E-state index in [2.05, 4.69) is 20.8 Å². The zero-order valence-corrected chi connectivity index (χ0v) is 14.9. The van der Waals surface area contributed by atoms with Gasteiger partial charge < -0.3 is 14.4 Å². The van der Waals surface area contributed by atoms with Gasteiger partial charge in [-0.25, -0.2) is 4.79 Å². The highest BCUT2D eigenvalue weighted by atomic mass is 16.6. The molecule has 1 saturated carbocycles. The number of likely N-dealkylation sites (N-methyl/N-ethyl adjacent to an activating group) is 1. The van der Waals surface area contributed by atoms with E-state index < -0.39 is 12.1 Å². The summed E-state index contributed by atoms with van der Waals surface area (Å²) in [6.07, 6.45) is 4.37. The smallest absolute Gasteiger partial charge is 0.332 e. The second kappa shape index (κ2) is 8.13. The number of hydrogen-bond donors (Lipinski definition) is 0. The highest BCUT2D eigenvalue weighted by Crippen LogP contribution is 2.35. The van der Waals surface area contributed by atoms with Crippen LogP contribution in [-0.4, -0.2) is 49.2 Å². The molecule has 23 heavy (non-hydrogen) atoms. The van der Waals surface area contributed by atoms with E-state index in [9.17, 15) is 9.59 Å². The van der Waals surface area contributed by atoms with Crippen LogP contribution in [0, 0.1) is 17.8 Å². The minimum absolute atomic E-state index is 0.0475. The molecule has 1 aliphatic carbocycles. The molecule has 1 heterocycles. The van der Waals surface area contributed by atoms with E-state index in [0.717, 1.165) is 25.8 Å². The Kier molecular flexibility index (Phi) is 6.45. The Bertz CT molecular complexity index is 423. The van der Waals surface area contributed by atoms with Gasteiger partial charge in [-0.15, -0.1) is 0 Å². The molecule has 0 bridgehead atoms. The first kappa shape index (κ1) is 18.2. The average molecular weight is 325 g/mol. The van der Waals surface area contributed by atoms with Gasteiger partial charge in [0.1, 0.15) is 6.61 Å². The van der Waals surface area contributed by atoms with Crippen LogP contribution in [0.25, 0.3) is 0 Å². The van der Waals surface area contributed by atoms with E-state index in [1.54, 1.807) is 11.9 Å². The van der Waals surface area contributed by atoms with E-state index in [4.69, 9.17) is 9.47 Å². The fourth-order valence-electron chi connectivity index (χ4n) is 3.78. The Hall–Kier alpha value is -1.10. The minimum Gasteiger partial charge on any atom is -0.451 e. The summed E-state index contributed by atoms with van der Waals surface area (Å²) in [5.41, 5.74) is 0. The maximum Gasteiger partial charge on any atom is 0.332 e. The molecule has 5 nitrogen and oxygen atoms in total. The second-order valence-corrected chi connectivity index (χ2v) is 7.56. The lowest BCUT2D eigenvalue weighted by atomic mass is 9.75. The molecule has 2 fully saturated rings. The molecule has 132 valence electrons. The van der Waals surface area contributed by atoms with Crippen molar-refractivity contribution >= 4 is 11.9 Å². The summed E-state index contributed by atoms with van der Waals surface area (Å²) in [7, 11) is 1.75. The predicted octanol–water partition coefficient (Wildman–Crippen LogP) is 2.63. The van der Waals surface area contributed by atoms with E-state index in [0.29, 0.717) is 24.2 Å². The maximum absolute atomic E-state index is 12.0. The number of nitrogens with zero attached hydrogens (tertiary/aromatic N) is 1. The number of carbonyl (C=O) groups excluding carboxylic acids is 2. The first-order valence-corrected chi connectivity index (χ1v) is 8.94. The molecule has 0 aromatic rings. The highest BCUT2D eigenvalue weighted by molar-refractivity contribution is 5.84. The number of piperidine rings is 1. The fraction of sp³-hybridized carbons (Fsp3) is 0.889. The quantitative estimate of drug-likeness (QED) is 0.729. The number of likely N-dealkylation sites (tertiary alicyclic amines) is 1. The number of hydrogen-bond acceptors (Lipinski definition) is 4. The molecule has 4 unspecified atom stereocenters. The van der Waals surface area contributed by atoms with Crippen LogP contribution in [0.4, 0.5) is 0 Å². The second-order valence-electron chi connectivity index (χ2n) is 7.56. The largest absolute Gasteiger partial charge is 0.451 e. The summed E-state index contributed by atoms with van der Waals surface area (Å²) in [4.78, 5) is 25.6. The molecule has 2 rings (SSSR count). The number of ether oxygens (including phenoxy) is 2. The fourth-order valence-corrected chi connectivity index (χ4v) is 3.78. The summed E-state index contributed by atoms with van der Waals surface area (Å²) < 4.78 is 11.2. The van der Waals surface area contributed by atoms with Crippen molar-refractivity contribution < 1.29 is 19.1 Å². The van der Waals surface area contributed by atoms with Crippen LogP contribution in [0.5, 0.6) is 0 Å². The van der Waals surface area contributed by atoms with Crippen LogP contribution in [0.3, 0.4) is 0 Å². The van der Waals surface area contributed by atoms with Crippen LogP contribution in [0.2, 0.25) is 0 Å². The average Bonchev–Trinajstić information content (AvgIpc) is 2.49. The maximum atomic E-state index is 12.0. The molecule has 0 spiro atoms. The van der Waals surface area contributed by atoms with E-state index in [1.807, 2.05) is 0 Å². The summed E-state index contributed by atoms with van der Waals surface area (Å²) in [5, 5.41) is 0. The number of rotatable bonds is 5. The van der Waals surface area contributed by atoms with Crippen LogP contribution in [-0.2, 0) is 19.1 Å². The Morgan fingerprint density at radius 3 is 2.74 bits per heavy atom. The van der Waals surface area contributed by atoms with Gasteiger partial charge in [-0.1, -0.05) is 27.2 Å². The monoisotopic (exact) mass is 325 g/mol. The van der Waals surface area contributed by atoms with Gasteiger partial charge in [-0.2, -0.15) is 0 Å². The van der Waals surface area contributed by atoms with Crippen molar-refractivity contribution in [3.63, 3.8) is 0 Å². The van der Waals surface area contributed by atoms with Crippen molar-refractivity contribution in [1.82, 2.24) is 4.90 Å². The van der Waals surface area contributed by atoms with Crippen molar-refractivity contribution in [3.8, 4) is 0 Å². The lowest BCUT2D eigenvalue weighted by molar-refractivity contribution is -0.169. The molecular formula is C18H31NO4. The van der Waals surface area contributed by atoms with Gasteiger partial charge in [0, 0.05) is 13.6 Å². The molecule has 0 radical (unpaired) electrons. The van der Waals surface area contributed by atoms with Gasteiger partial charge in [0.05, 0.1) is 6.10 Å². The van der Waals surface area contributed by atoms with Gasteiger partial charge in [0.25, 0.3) is 5.91 Å². The lowest BCUT2D eigenvalue weighted by Gasteiger charge is -2.37. The molecule has 1 aliphatic heterocycles. The first-order chi connectivity index (χ1) is 10.9. The normalized spacial score (nSPS) is 32.2. The van der Waals surface area contributed by atoms with E-state index in [-0.39, 0.29) is 18.6 Å². The number of amides is 1. The van der Waals surface area contributed by atoms with Crippen LogP contribution in [0.15, 0.2) is 0 Å². The van der Waals surface area contributed by atoms with E-state index >= 15 is 0 Å². The third kappa shape index (κ3) is 4.93. The molecular weight excluding hydrogens is 294 g/mol. The van der Waals surface area contributed by atoms with Crippen LogP contribution < -0.4 is 0 Å². The van der Waals surface area contributed by atoms with Crippen LogP contribution >= 0.6 is 0 Å². The Morgan fingerprint density at radius 1 is 1.30 bits per heavy atom. The number of esters is 1. The van der Waals surface area contributed by atoms with Crippen molar-refractivity contribution in [3.05, 3.63) is 0 Å². The first-order valence-electron chi connectivity index (χ1n) is 8.94. The minimum atomic E-state index is -0.629. The Balaban J connectivity index is 1.81. The Labute approximate surface area is 139 Å². The van der Waals surface area contributed by atoms with Gasteiger partial charge >= 0.3 is 5.97 Å². The molecule has 0 N–H and O–H groups in total. The third-order valence-corrected chi connectivity index (χ3v) is 5.26. The van der Waals surface area contributed by atoms with Gasteiger partial charge in [0.2, 0.25) is 0 Å². The molecule has 0 aromatic carbocycles. The third-order valence-electron chi connectivity index (χ3n) is 5.26. The number of carbonyl (C=O) groups is 2. The summed E-state index contributed by atoms with van der Waals surface area (Å²) in [6, 6.07) is 0. The van der Waals surface area contributed by atoms with Gasteiger partial charge in [-0.3, -0.25) is 4.79 Å². The standard InChI is InChI=1S/C18H31NO4/c1-12(2)14-8-7-13(3)10-16(14)22-11-17(20)23-15-6-5-9-19(4)18(15)21/h12-16H,5-11H2,1-4H3. The van der Waals surface area contributed by atoms with Crippen molar-refractivity contribution in [2.75, 3.05) is 20.2 Å². The van der Waals surface area contributed by atoms with Crippen LogP contribution in [0.1, 0.15) is 52.9 Å². The molecule has 1 amide bonds. The van der Waals surface area contributed by atoms with Crippen molar-refractivity contribution in [2.24, 2.45) is 17.8 Å². The topological polar surface area (TPSA) is 55.8 Å². The molecule has 0 aromatic heterocycles. The zero-order chi connectivity index (χ0) is 17.0. The summed E-state index contributed by atoms with van der Waals surface area (Å²) in [5.74, 6) is 1.17. The molecule has 1 saturated heterocycles. The predicted molar refractivity (Wildman–Crippen MR) is 87.8 cm³/mol. The van der Waals surface area contributed by atoms with Gasteiger partial charge in [-0.05, 0) is 43.4 Å². The molecule has 4 atom stereocenters. The van der Waals surface area contributed by atoms with Gasteiger partial charge in [0.15, 0.2) is 6.10 Å². The molecule has 2 aliphatic rings. The summed E-state index contributed by atoms with van der Waals surface area (Å²) >= 11 is 0. The lowest BCUT2D eigenvalue weighted by Crippen LogP contribution is -2.44.